The molecule has 4 rings (SSSR count). The summed E-state index contributed by atoms with van der Waals surface area (Å²) in [7, 11) is 2.13. The molecular formula is C20H23N5OS. The van der Waals surface area contributed by atoms with Gasteiger partial charge in [-0.05, 0) is 36.7 Å². The third-order valence-corrected chi connectivity index (χ3v) is 5.73. The van der Waals surface area contributed by atoms with Crippen molar-refractivity contribution in [3.05, 3.63) is 59.1 Å². The van der Waals surface area contributed by atoms with E-state index in [4.69, 9.17) is 0 Å². The molecule has 140 valence electrons. The number of hydrogen-bond donors (Lipinski definition) is 2. The molecule has 0 saturated carbocycles. The van der Waals surface area contributed by atoms with Crippen LogP contribution in [-0.4, -0.2) is 54.2 Å². The summed E-state index contributed by atoms with van der Waals surface area (Å²) in [6, 6.07) is 13.9. The highest BCUT2D eigenvalue weighted by Gasteiger charge is 2.19. The zero-order valence-electron chi connectivity index (χ0n) is 15.3. The number of likely N-dealkylation sites (N-methyl/N-ethyl adjacent to an activating group) is 1. The number of nitrogens with zero attached hydrogens (tertiary/aromatic N) is 3. The second-order valence-corrected chi connectivity index (χ2v) is 7.69. The highest BCUT2D eigenvalue weighted by molar-refractivity contribution is 7.13. The van der Waals surface area contributed by atoms with E-state index in [1.54, 1.807) is 11.3 Å². The Morgan fingerprint density at radius 2 is 2.00 bits per heavy atom. The minimum atomic E-state index is -0.0585. The lowest BCUT2D eigenvalue weighted by atomic mass is 10.1. The van der Waals surface area contributed by atoms with Gasteiger partial charge in [0, 0.05) is 31.9 Å². The molecule has 0 unspecified atom stereocenters. The molecule has 0 atom stereocenters. The van der Waals surface area contributed by atoms with E-state index in [1.807, 2.05) is 47.8 Å². The Bertz CT molecular complexity index is 897. The summed E-state index contributed by atoms with van der Waals surface area (Å²) in [4.78, 5) is 18.5. The van der Waals surface area contributed by atoms with Gasteiger partial charge in [0.25, 0.3) is 5.91 Å². The molecule has 0 spiro atoms. The number of piperazine rings is 1. The van der Waals surface area contributed by atoms with Gasteiger partial charge in [-0.3, -0.25) is 9.89 Å². The van der Waals surface area contributed by atoms with Crippen LogP contribution in [-0.2, 0) is 6.54 Å². The zero-order chi connectivity index (χ0) is 18.6. The van der Waals surface area contributed by atoms with Gasteiger partial charge in [-0.1, -0.05) is 18.2 Å². The number of H-pyrrole nitrogens is 1. The topological polar surface area (TPSA) is 64.3 Å². The van der Waals surface area contributed by atoms with Crippen LogP contribution in [0.5, 0.6) is 0 Å². The van der Waals surface area contributed by atoms with Crippen LogP contribution in [0.2, 0.25) is 0 Å². The number of carbonyl (C=O) groups is 1. The predicted molar refractivity (Wildman–Crippen MR) is 109 cm³/mol. The van der Waals surface area contributed by atoms with Crippen molar-refractivity contribution in [2.45, 2.75) is 6.54 Å². The Kier molecular flexibility index (Phi) is 5.22. The van der Waals surface area contributed by atoms with Crippen molar-refractivity contribution in [1.29, 1.82) is 0 Å². The number of anilines is 1. The maximum Gasteiger partial charge on any atom is 0.253 e. The molecule has 1 aromatic carbocycles. The number of carbonyl (C=O) groups excluding carboxylic acids is 1. The van der Waals surface area contributed by atoms with Gasteiger partial charge in [0.15, 0.2) is 0 Å². The molecule has 1 amide bonds. The molecule has 27 heavy (non-hydrogen) atoms. The molecule has 1 saturated heterocycles. The van der Waals surface area contributed by atoms with Gasteiger partial charge in [-0.15, -0.1) is 11.3 Å². The molecule has 1 fully saturated rings. The smallest absolute Gasteiger partial charge is 0.253 e. The van der Waals surface area contributed by atoms with Gasteiger partial charge in [0.1, 0.15) is 5.69 Å². The maximum absolute atomic E-state index is 12.8. The van der Waals surface area contributed by atoms with E-state index in [-0.39, 0.29) is 5.91 Å². The van der Waals surface area contributed by atoms with Gasteiger partial charge < -0.3 is 15.1 Å². The van der Waals surface area contributed by atoms with Crippen LogP contribution < -0.4 is 10.2 Å². The van der Waals surface area contributed by atoms with Gasteiger partial charge >= 0.3 is 0 Å². The van der Waals surface area contributed by atoms with Crippen LogP contribution in [0.1, 0.15) is 16.1 Å². The lowest BCUT2D eigenvalue weighted by Crippen LogP contribution is -2.45. The van der Waals surface area contributed by atoms with Crippen LogP contribution in [0, 0.1) is 0 Å². The average Bonchev–Trinajstić information content (AvgIpc) is 3.38. The number of thiophene rings is 1. The van der Waals surface area contributed by atoms with E-state index in [0.29, 0.717) is 6.54 Å². The molecule has 3 heterocycles. The van der Waals surface area contributed by atoms with E-state index in [1.165, 1.54) is 0 Å². The number of aromatic amines is 1. The number of para-hydroxylation sites is 1. The van der Waals surface area contributed by atoms with Crippen molar-refractivity contribution in [2.75, 3.05) is 38.1 Å². The Balaban J connectivity index is 1.43. The highest BCUT2D eigenvalue weighted by atomic mass is 32.1. The second kappa shape index (κ2) is 7.94. The first-order valence-electron chi connectivity index (χ1n) is 9.09. The number of benzene rings is 1. The average molecular weight is 382 g/mol. The van der Waals surface area contributed by atoms with E-state index in [2.05, 4.69) is 32.4 Å². The number of nitrogens with one attached hydrogen (secondary N) is 2. The molecule has 2 aromatic heterocycles. The molecule has 0 aliphatic carbocycles. The number of hydrogen-bond acceptors (Lipinski definition) is 5. The summed E-state index contributed by atoms with van der Waals surface area (Å²) >= 11 is 1.65. The second-order valence-electron chi connectivity index (χ2n) is 6.75. The molecule has 1 aliphatic heterocycles. The lowest BCUT2D eigenvalue weighted by Gasteiger charge is -2.35. The van der Waals surface area contributed by atoms with Gasteiger partial charge in [-0.25, -0.2) is 0 Å². The largest absolute Gasteiger partial charge is 0.368 e. The van der Waals surface area contributed by atoms with Gasteiger partial charge in [-0.2, -0.15) is 5.10 Å². The lowest BCUT2D eigenvalue weighted by molar-refractivity contribution is 0.0950. The molecule has 6 nitrogen and oxygen atoms in total. The van der Waals surface area contributed by atoms with Crippen LogP contribution >= 0.6 is 11.3 Å². The summed E-state index contributed by atoms with van der Waals surface area (Å²) in [6.07, 6.45) is 0. The molecule has 3 aromatic rings. The minimum Gasteiger partial charge on any atom is -0.368 e. The first kappa shape index (κ1) is 17.8. The van der Waals surface area contributed by atoms with Crippen LogP contribution in [0.15, 0.2) is 47.8 Å². The van der Waals surface area contributed by atoms with Gasteiger partial charge in [0.05, 0.1) is 22.7 Å². The molecule has 7 heteroatoms. The van der Waals surface area contributed by atoms with Crippen molar-refractivity contribution in [3.8, 4) is 10.6 Å². The Labute approximate surface area is 162 Å². The van der Waals surface area contributed by atoms with E-state index in [0.717, 1.165) is 53.7 Å². The highest BCUT2D eigenvalue weighted by Crippen LogP contribution is 2.24. The first-order chi connectivity index (χ1) is 13.2. The van der Waals surface area contributed by atoms with Crippen LogP contribution in [0.25, 0.3) is 10.6 Å². The first-order valence-corrected chi connectivity index (χ1v) is 9.97. The third kappa shape index (κ3) is 4.04. The standard InChI is InChI=1S/C20H23N5OS/c1-24-8-10-25(11-9-24)18-6-3-2-5-16(18)20(26)21-14-15-13-17(23-22-15)19-7-4-12-27-19/h2-7,12-13H,8-11,14H2,1H3,(H,21,26)(H,22,23). The van der Waals surface area contributed by atoms with Crippen molar-refractivity contribution in [3.63, 3.8) is 0 Å². The van der Waals surface area contributed by atoms with Crippen molar-refractivity contribution in [2.24, 2.45) is 0 Å². The quantitative estimate of drug-likeness (QED) is 0.713. The zero-order valence-corrected chi connectivity index (χ0v) is 16.1. The Morgan fingerprint density at radius 3 is 2.78 bits per heavy atom. The van der Waals surface area contributed by atoms with E-state index < -0.39 is 0 Å². The third-order valence-electron chi connectivity index (χ3n) is 4.84. The summed E-state index contributed by atoms with van der Waals surface area (Å²) in [5, 5.41) is 12.4. The van der Waals surface area contributed by atoms with Crippen LogP contribution in [0.4, 0.5) is 5.69 Å². The number of rotatable bonds is 5. The normalized spacial score (nSPS) is 15.1. The molecule has 0 bridgehead atoms. The molecule has 1 aliphatic rings. The van der Waals surface area contributed by atoms with Crippen molar-refractivity contribution in [1.82, 2.24) is 20.4 Å². The van der Waals surface area contributed by atoms with E-state index >= 15 is 0 Å². The fourth-order valence-corrected chi connectivity index (χ4v) is 3.95. The summed E-state index contributed by atoms with van der Waals surface area (Å²) < 4.78 is 0. The fraction of sp³-hybridized carbons (Fsp3) is 0.300. The Hall–Kier alpha value is -2.64. The Morgan fingerprint density at radius 1 is 1.19 bits per heavy atom. The van der Waals surface area contributed by atoms with Gasteiger partial charge in [0.2, 0.25) is 0 Å². The number of amides is 1. The number of aromatic nitrogens is 2. The minimum absolute atomic E-state index is 0.0585. The molecule has 2 N–H and O–H groups in total. The summed E-state index contributed by atoms with van der Waals surface area (Å²) in [6.45, 7) is 4.32. The van der Waals surface area contributed by atoms with Crippen molar-refractivity contribution >= 4 is 22.9 Å². The van der Waals surface area contributed by atoms with E-state index in [9.17, 15) is 4.79 Å². The monoisotopic (exact) mass is 381 g/mol. The van der Waals surface area contributed by atoms with Crippen LogP contribution in [0.3, 0.4) is 0 Å². The predicted octanol–water partition coefficient (Wildman–Crippen LogP) is 2.82. The van der Waals surface area contributed by atoms with Crippen molar-refractivity contribution < 1.29 is 4.79 Å². The fourth-order valence-electron chi connectivity index (χ4n) is 3.26. The SMILES string of the molecule is CN1CCN(c2ccccc2C(=O)NCc2cc(-c3cccs3)n[nH]2)CC1. The molecule has 0 radical (unpaired) electrons. The summed E-state index contributed by atoms with van der Waals surface area (Å²) in [5.41, 5.74) is 3.53. The maximum atomic E-state index is 12.8. The summed E-state index contributed by atoms with van der Waals surface area (Å²) in [5.74, 6) is -0.0585. The molecular weight excluding hydrogens is 358 g/mol.